The average Bonchev–Trinajstić information content (AvgIpc) is 2.48. The Morgan fingerprint density at radius 2 is 1.90 bits per heavy atom. The van der Waals surface area contributed by atoms with Gasteiger partial charge < -0.3 is 11.1 Å². The van der Waals surface area contributed by atoms with E-state index in [2.05, 4.69) is 12.2 Å². The minimum atomic E-state index is 0.115. The van der Waals surface area contributed by atoms with E-state index in [4.69, 9.17) is 5.73 Å². The summed E-state index contributed by atoms with van der Waals surface area (Å²) < 4.78 is 0. The zero-order valence-electron chi connectivity index (χ0n) is 12.4. The van der Waals surface area contributed by atoms with E-state index in [-0.39, 0.29) is 11.9 Å². The molecule has 2 rings (SSSR count). The monoisotopic (exact) mass is 274 g/mol. The van der Waals surface area contributed by atoms with E-state index >= 15 is 0 Å². The van der Waals surface area contributed by atoms with Crippen LogP contribution >= 0.6 is 0 Å². The summed E-state index contributed by atoms with van der Waals surface area (Å²) in [4.78, 5) is 12.2. The Kier molecular flexibility index (Phi) is 5.60. The van der Waals surface area contributed by atoms with Crippen molar-refractivity contribution >= 4 is 5.91 Å². The number of hydrogen-bond acceptors (Lipinski definition) is 2. The molecule has 1 aliphatic rings. The summed E-state index contributed by atoms with van der Waals surface area (Å²) in [7, 11) is 0. The summed E-state index contributed by atoms with van der Waals surface area (Å²) in [6.07, 6.45) is 6.90. The summed E-state index contributed by atoms with van der Waals surface area (Å²) in [5.74, 6) is 0.765. The van der Waals surface area contributed by atoms with Crippen LogP contribution in [0.3, 0.4) is 0 Å². The van der Waals surface area contributed by atoms with Crippen LogP contribution in [0.25, 0.3) is 0 Å². The lowest BCUT2D eigenvalue weighted by Crippen LogP contribution is -2.39. The molecule has 3 heteroatoms. The molecule has 20 heavy (non-hydrogen) atoms. The SMILES string of the molecule is C[C@H](NC(=O)Cc1ccccc1CN)C1CCCCC1. The lowest BCUT2D eigenvalue weighted by Gasteiger charge is -2.28. The molecule has 1 aliphatic carbocycles. The zero-order valence-corrected chi connectivity index (χ0v) is 12.4. The molecular formula is C17H26N2O. The van der Waals surface area contributed by atoms with Gasteiger partial charge in [-0.25, -0.2) is 0 Å². The van der Waals surface area contributed by atoms with Crippen LogP contribution in [-0.4, -0.2) is 11.9 Å². The number of rotatable bonds is 5. The summed E-state index contributed by atoms with van der Waals surface area (Å²) in [6, 6.07) is 8.20. The molecule has 0 unspecified atom stereocenters. The standard InChI is InChI=1S/C17H26N2O/c1-13(14-7-3-2-4-8-14)19-17(20)11-15-9-5-6-10-16(15)12-18/h5-6,9-10,13-14H,2-4,7-8,11-12,18H2,1H3,(H,19,20)/t13-/m0/s1. The van der Waals surface area contributed by atoms with Gasteiger partial charge in [0.2, 0.25) is 5.91 Å². The number of hydrogen-bond donors (Lipinski definition) is 2. The maximum absolute atomic E-state index is 12.2. The number of carbonyl (C=O) groups excluding carboxylic acids is 1. The first-order valence-electron chi connectivity index (χ1n) is 7.77. The summed E-state index contributed by atoms with van der Waals surface area (Å²) in [5, 5.41) is 3.17. The third kappa shape index (κ3) is 4.07. The number of benzene rings is 1. The average molecular weight is 274 g/mol. The summed E-state index contributed by atoms with van der Waals surface area (Å²) in [6.45, 7) is 2.63. The van der Waals surface area contributed by atoms with E-state index in [9.17, 15) is 4.79 Å². The van der Waals surface area contributed by atoms with Crippen molar-refractivity contribution in [3.8, 4) is 0 Å². The zero-order chi connectivity index (χ0) is 14.4. The summed E-state index contributed by atoms with van der Waals surface area (Å²) in [5.41, 5.74) is 7.82. The molecule has 110 valence electrons. The highest BCUT2D eigenvalue weighted by Crippen LogP contribution is 2.26. The second-order valence-corrected chi connectivity index (χ2v) is 5.90. The molecule has 1 amide bonds. The van der Waals surface area contributed by atoms with Crippen LogP contribution < -0.4 is 11.1 Å². The van der Waals surface area contributed by atoms with Crippen molar-refractivity contribution in [3.05, 3.63) is 35.4 Å². The van der Waals surface area contributed by atoms with Gasteiger partial charge in [0.15, 0.2) is 0 Å². The van der Waals surface area contributed by atoms with Crippen molar-refractivity contribution in [2.24, 2.45) is 11.7 Å². The molecule has 3 nitrogen and oxygen atoms in total. The van der Waals surface area contributed by atoms with E-state index in [1.165, 1.54) is 32.1 Å². The largest absolute Gasteiger partial charge is 0.353 e. The molecule has 0 heterocycles. The smallest absolute Gasteiger partial charge is 0.224 e. The maximum atomic E-state index is 12.2. The fourth-order valence-corrected chi connectivity index (χ4v) is 3.16. The van der Waals surface area contributed by atoms with E-state index in [0.29, 0.717) is 18.9 Å². The van der Waals surface area contributed by atoms with E-state index in [0.717, 1.165) is 11.1 Å². The number of nitrogens with one attached hydrogen (secondary N) is 1. The van der Waals surface area contributed by atoms with Crippen molar-refractivity contribution in [2.75, 3.05) is 0 Å². The topological polar surface area (TPSA) is 55.1 Å². The van der Waals surface area contributed by atoms with Crippen molar-refractivity contribution in [2.45, 2.75) is 58.0 Å². The minimum absolute atomic E-state index is 0.115. The highest BCUT2D eigenvalue weighted by molar-refractivity contribution is 5.79. The lowest BCUT2D eigenvalue weighted by molar-refractivity contribution is -0.121. The van der Waals surface area contributed by atoms with Crippen molar-refractivity contribution < 1.29 is 4.79 Å². The molecular weight excluding hydrogens is 248 g/mol. The van der Waals surface area contributed by atoms with Crippen LogP contribution in [0.1, 0.15) is 50.2 Å². The Balaban J connectivity index is 1.88. The first-order valence-corrected chi connectivity index (χ1v) is 7.77. The normalized spacial score (nSPS) is 17.7. The Morgan fingerprint density at radius 1 is 1.25 bits per heavy atom. The Morgan fingerprint density at radius 3 is 2.55 bits per heavy atom. The van der Waals surface area contributed by atoms with Crippen LogP contribution in [0.5, 0.6) is 0 Å². The highest BCUT2D eigenvalue weighted by Gasteiger charge is 2.21. The third-order valence-electron chi connectivity index (χ3n) is 4.43. The maximum Gasteiger partial charge on any atom is 0.224 e. The van der Waals surface area contributed by atoms with Gasteiger partial charge in [-0.2, -0.15) is 0 Å². The molecule has 0 saturated heterocycles. The molecule has 1 saturated carbocycles. The van der Waals surface area contributed by atoms with Crippen molar-refractivity contribution in [1.29, 1.82) is 0 Å². The molecule has 0 bridgehead atoms. The van der Waals surface area contributed by atoms with Crippen LogP contribution in [0.15, 0.2) is 24.3 Å². The van der Waals surface area contributed by atoms with E-state index < -0.39 is 0 Å². The second-order valence-electron chi connectivity index (χ2n) is 5.90. The molecule has 0 aromatic heterocycles. The molecule has 3 N–H and O–H groups in total. The molecule has 1 fully saturated rings. The van der Waals surface area contributed by atoms with Crippen LogP contribution in [0.2, 0.25) is 0 Å². The molecule has 0 radical (unpaired) electrons. The lowest BCUT2D eigenvalue weighted by atomic mass is 9.84. The predicted octanol–water partition coefficient (Wildman–Crippen LogP) is 2.77. The Bertz CT molecular complexity index is 438. The Hall–Kier alpha value is -1.35. The van der Waals surface area contributed by atoms with Crippen molar-refractivity contribution in [3.63, 3.8) is 0 Å². The second kappa shape index (κ2) is 7.44. The fourth-order valence-electron chi connectivity index (χ4n) is 3.16. The van der Waals surface area contributed by atoms with Gasteiger partial charge >= 0.3 is 0 Å². The molecule has 0 aliphatic heterocycles. The first-order chi connectivity index (χ1) is 9.70. The predicted molar refractivity (Wildman–Crippen MR) is 82.2 cm³/mol. The fraction of sp³-hybridized carbons (Fsp3) is 0.588. The highest BCUT2D eigenvalue weighted by atomic mass is 16.1. The van der Waals surface area contributed by atoms with E-state index in [1.54, 1.807) is 0 Å². The summed E-state index contributed by atoms with van der Waals surface area (Å²) >= 11 is 0. The molecule has 1 aromatic carbocycles. The van der Waals surface area contributed by atoms with Gasteiger partial charge in [-0.15, -0.1) is 0 Å². The quantitative estimate of drug-likeness (QED) is 0.867. The molecule has 1 atom stereocenters. The van der Waals surface area contributed by atoms with Crippen LogP contribution in [0.4, 0.5) is 0 Å². The van der Waals surface area contributed by atoms with Gasteiger partial charge in [-0.3, -0.25) is 4.79 Å². The number of nitrogens with two attached hydrogens (primary N) is 1. The minimum Gasteiger partial charge on any atom is -0.353 e. The van der Waals surface area contributed by atoms with Gasteiger partial charge in [0.1, 0.15) is 0 Å². The number of amides is 1. The number of carbonyl (C=O) groups is 1. The molecule has 1 aromatic rings. The Labute approximate surface area is 121 Å². The van der Waals surface area contributed by atoms with Crippen molar-refractivity contribution in [1.82, 2.24) is 5.32 Å². The van der Waals surface area contributed by atoms with Crippen LogP contribution in [-0.2, 0) is 17.8 Å². The first kappa shape index (κ1) is 15.0. The van der Waals surface area contributed by atoms with Gasteiger partial charge in [-0.1, -0.05) is 43.5 Å². The molecule has 0 spiro atoms. The van der Waals surface area contributed by atoms with Gasteiger partial charge in [0.25, 0.3) is 0 Å². The van der Waals surface area contributed by atoms with E-state index in [1.807, 2.05) is 24.3 Å². The van der Waals surface area contributed by atoms with Gasteiger partial charge in [0, 0.05) is 12.6 Å². The third-order valence-corrected chi connectivity index (χ3v) is 4.43. The van der Waals surface area contributed by atoms with Gasteiger partial charge in [0.05, 0.1) is 6.42 Å². The van der Waals surface area contributed by atoms with Gasteiger partial charge in [-0.05, 0) is 36.8 Å². The van der Waals surface area contributed by atoms with Crippen LogP contribution in [0, 0.1) is 5.92 Å².